The van der Waals surface area contributed by atoms with Crippen LogP contribution in [0.2, 0.25) is 0 Å². The molecule has 0 aliphatic carbocycles. The molecule has 0 radical (unpaired) electrons. The van der Waals surface area contributed by atoms with Crippen LogP contribution in [0.3, 0.4) is 0 Å². The van der Waals surface area contributed by atoms with Gasteiger partial charge in [0.1, 0.15) is 24.4 Å². The van der Waals surface area contributed by atoms with Crippen molar-refractivity contribution in [2.75, 3.05) is 6.54 Å². The Hall–Kier alpha value is -0.730. The summed E-state index contributed by atoms with van der Waals surface area (Å²) >= 11 is 0. The third-order valence-corrected chi connectivity index (χ3v) is 2.32. The number of aliphatic hydroxyl groups is 3. The monoisotopic (exact) mass is 220 g/mol. The molecule has 0 bridgehead atoms. The Kier molecular flexibility index (Phi) is 4.00. The molecule has 7 heteroatoms. The van der Waals surface area contributed by atoms with Gasteiger partial charge in [0.05, 0.1) is 0 Å². The second-order valence-electron chi connectivity index (χ2n) is 3.51. The molecule has 1 unspecified atom stereocenters. The molecule has 1 rings (SSSR count). The molecule has 7 nitrogen and oxygen atoms in total. The first-order valence-electron chi connectivity index (χ1n) is 4.64. The van der Waals surface area contributed by atoms with Crippen molar-refractivity contribution in [3.05, 3.63) is 0 Å². The van der Waals surface area contributed by atoms with Crippen molar-refractivity contribution in [2.45, 2.75) is 37.6 Å². The summed E-state index contributed by atoms with van der Waals surface area (Å²) < 4.78 is 4.94. The normalized spacial score (nSPS) is 41.3. The summed E-state index contributed by atoms with van der Waals surface area (Å²) in [5, 5.41) is 30.9. The molecule has 0 aromatic carbocycles. The molecule has 88 valence electrons. The van der Waals surface area contributed by atoms with E-state index in [0.717, 1.165) is 0 Å². The molecular weight excluding hydrogens is 204 g/mol. The fourth-order valence-electron chi connectivity index (χ4n) is 1.53. The average molecular weight is 220 g/mol. The molecule has 0 aromatic rings. The fourth-order valence-corrected chi connectivity index (χ4v) is 1.53. The van der Waals surface area contributed by atoms with Crippen molar-refractivity contribution >= 4 is 5.91 Å². The van der Waals surface area contributed by atoms with Gasteiger partial charge in [0.15, 0.2) is 6.29 Å². The first-order valence-corrected chi connectivity index (χ1v) is 4.64. The minimum atomic E-state index is -1.37. The van der Waals surface area contributed by atoms with E-state index in [0.29, 0.717) is 0 Å². The highest BCUT2D eigenvalue weighted by molar-refractivity contribution is 5.73. The van der Waals surface area contributed by atoms with Gasteiger partial charge in [0, 0.05) is 13.5 Å². The molecule has 6 N–H and O–H groups in total. The summed E-state index contributed by atoms with van der Waals surface area (Å²) in [4.78, 5) is 10.8. The smallest absolute Gasteiger partial charge is 0.217 e. The SMILES string of the molecule is CC(=O)N[C@H]1C(O)O[C@H](CN)[C@H](O)[C@@H]1O. The van der Waals surface area contributed by atoms with Crippen LogP contribution in [0.5, 0.6) is 0 Å². The molecule has 0 spiro atoms. The number of amides is 1. The summed E-state index contributed by atoms with van der Waals surface area (Å²) in [6, 6.07) is -1.04. The van der Waals surface area contributed by atoms with Crippen molar-refractivity contribution in [2.24, 2.45) is 5.73 Å². The van der Waals surface area contributed by atoms with Gasteiger partial charge >= 0.3 is 0 Å². The van der Waals surface area contributed by atoms with Crippen molar-refractivity contribution < 1.29 is 24.9 Å². The van der Waals surface area contributed by atoms with E-state index in [1.807, 2.05) is 0 Å². The molecule has 5 atom stereocenters. The lowest BCUT2D eigenvalue weighted by atomic mass is 9.97. The van der Waals surface area contributed by atoms with E-state index >= 15 is 0 Å². The maximum atomic E-state index is 10.8. The molecule has 0 saturated carbocycles. The number of carbonyl (C=O) groups is 1. The van der Waals surface area contributed by atoms with Crippen LogP contribution in [0.25, 0.3) is 0 Å². The van der Waals surface area contributed by atoms with Gasteiger partial charge in [-0.3, -0.25) is 4.79 Å². The van der Waals surface area contributed by atoms with E-state index in [1.165, 1.54) is 6.92 Å². The first kappa shape index (κ1) is 12.3. The number of hydrogen-bond donors (Lipinski definition) is 5. The number of nitrogens with two attached hydrogens (primary N) is 1. The summed E-state index contributed by atoms with van der Waals surface area (Å²) in [6.07, 6.45) is -4.73. The Balaban J connectivity index is 2.70. The molecule has 1 heterocycles. The summed E-state index contributed by atoms with van der Waals surface area (Å²) in [6.45, 7) is 1.21. The molecule has 0 aromatic heterocycles. The highest BCUT2D eigenvalue weighted by Gasteiger charge is 2.43. The average Bonchev–Trinajstić information content (AvgIpc) is 2.18. The predicted octanol–water partition coefficient (Wildman–Crippen LogP) is -3.11. The molecule has 1 aliphatic heterocycles. The summed E-state index contributed by atoms with van der Waals surface area (Å²) in [7, 11) is 0. The van der Waals surface area contributed by atoms with Crippen molar-refractivity contribution in [3.8, 4) is 0 Å². The van der Waals surface area contributed by atoms with E-state index in [9.17, 15) is 20.1 Å². The van der Waals surface area contributed by atoms with Crippen LogP contribution in [-0.2, 0) is 9.53 Å². The second-order valence-corrected chi connectivity index (χ2v) is 3.51. The molecule has 1 saturated heterocycles. The van der Waals surface area contributed by atoms with Gasteiger partial charge in [-0.15, -0.1) is 0 Å². The highest BCUT2D eigenvalue weighted by atomic mass is 16.6. The van der Waals surface area contributed by atoms with Crippen LogP contribution >= 0.6 is 0 Å². The number of rotatable bonds is 2. The highest BCUT2D eigenvalue weighted by Crippen LogP contribution is 2.19. The van der Waals surface area contributed by atoms with Gasteiger partial charge in [-0.05, 0) is 0 Å². The van der Waals surface area contributed by atoms with Crippen LogP contribution in [-0.4, -0.2) is 58.4 Å². The minimum Gasteiger partial charge on any atom is -0.388 e. The van der Waals surface area contributed by atoms with Gasteiger partial charge < -0.3 is 31.1 Å². The van der Waals surface area contributed by atoms with Crippen molar-refractivity contribution in [1.82, 2.24) is 5.32 Å². The Morgan fingerprint density at radius 2 is 2.00 bits per heavy atom. The minimum absolute atomic E-state index is 0.0257. The number of ether oxygens (including phenoxy) is 1. The summed E-state index contributed by atoms with van der Waals surface area (Å²) in [5.74, 6) is -0.430. The van der Waals surface area contributed by atoms with Gasteiger partial charge in [-0.25, -0.2) is 0 Å². The zero-order chi connectivity index (χ0) is 11.6. The Bertz CT molecular complexity index is 237. The lowest BCUT2D eigenvalue weighted by Crippen LogP contribution is -2.64. The lowest BCUT2D eigenvalue weighted by molar-refractivity contribution is -0.244. The van der Waals surface area contributed by atoms with E-state index in [2.05, 4.69) is 5.32 Å². The number of carbonyl (C=O) groups excluding carboxylic acids is 1. The maximum Gasteiger partial charge on any atom is 0.217 e. The number of hydrogen-bond acceptors (Lipinski definition) is 6. The van der Waals surface area contributed by atoms with Crippen molar-refractivity contribution in [3.63, 3.8) is 0 Å². The number of aliphatic hydroxyl groups excluding tert-OH is 3. The van der Waals surface area contributed by atoms with Crippen molar-refractivity contribution in [1.29, 1.82) is 0 Å². The van der Waals surface area contributed by atoms with Gasteiger partial charge in [-0.1, -0.05) is 0 Å². The van der Waals surface area contributed by atoms with E-state index in [-0.39, 0.29) is 6.54 Å². The lowest BCUT2D eigenvalue weighted by Gasteiger charge is -2.40. The largest absolute Gasteiger partial charge is 0.388 e. The van der Waals surface area contributed by atoms with E-state index in [4.69, 9.17) is 10.5 Å². The Morgan fingerprint density at radius 1 is 1.40 bits per heavy atom. The van der Waals surface area contributed by atoms with Crippen LogP contribution in [0.15, 0.2) is 0 Å². The van der Waals surface area contributed by atoms with E-state index in [1.54, 1.807) is 0 Å². The predicted molar refractivity (Wildman–Crippen MR) is 49.6 cm³/mol. The topological polar surface area (TPSA) is 125 Å². The van der Waals surface area contributed by atoms with Gasteiger partial charge in [0.2, 0.25) is 5.91 Å². The molecule has 1 amide bonds. The van der Waals surface area contributed by atoms with Gasteiger partial charge in [0.25, 0.3) is 0 Å². The third kappa shape index (κ3) is 2.64. The van der Waals surface area contributed by atoms with E-state index < -0.39 is 36.6 Å². The maximum absolute atomic E-state index is 10.8. The quantitative estimate of drug-likeness (QED) is 0.335. The van der Waals surface area contributed by atoms with Crippen LogP contribution in [0.1, 0.15) is 6.92 Å². The van der Waals surface area contributed by atoms with Crippen LogP contribution in [0, 0.1) is 0 Å². The zero-order valence-electron chi connectivity index (χ0n) is 8.33. The third-order valence-electron chi connectivity index (χ3n) is 2.32. The molecule has 15 heavy (non-hydrogen) atoms. The molecule has 1 fully saturated rings. The number of nitrogens with one attached hydrogen (secondary N) is 1. The second kappa shape index (κ2) is 4.86. The molecule has 1 aliphatic rings. The standard InChI is InChI=1S/C8H16N2O5/c1-3(11)10-5-7(13)6(12)4(2-9)15-8(5)14/h4-8,12-14H,2,9H2,1H3,(H,10,11)/t4-,5-,6+,7-,8?/m1/s1. The van der Waals surface area contributed by atoms with Crippen LogP contribution in [0.4, 0.5) is 0 Å². The zero-order valence-corrected chi connectivity index (χ0v) is 8.33. The fraction of sp³-hybridized carbons (Fsp3) is 0.875. The molecular formula is C8H16N2O5. The first-order chi connectivity index (χ1) is 6.97. The van der Waals surface area contributed by atoms with Gasteiger partial charge in [-0.2, -0.15) is 0 Å². The summed E-state index contributed by atoms with van der Waals surface area (Å²) in [5.41, 5.74) is 5.27. The van der Waals surface area contributed by atoms with Crippen LogP contribution < -0.4 is 11.1 Å². The Morgan fingerprint density at radius 3 is 2.47 bits per heavy atom. The Labute approximate surface area is 86.8 Å².